The monoisotopic (exact) mass is 284 g/mol. The average Bonchev–Trinajstić information content (AvgIpc) is 2.42. The van der Waals surface area contributed by atoms with Crippen molar-refractivity contribution in [2.24, 2.45) is 5.41 Å². The molecule has 19 heavy (non-hydrogen) atoms. The van der Waals surface area contributed by atoms with Crippen LogP contribution in [-0.4, -0.2) is 31.9 Å². The molecule has 0 atom stereocenters. The fourth-order valence-corrected chi connectivity index (χ4v) is 4.39. The van der Waals surface area contributed by atoms with E-state index >= 15 is 0 Å². The van der Waals surface area contributed by atoms with E-state index in [9.17, 15) is 18.5 Å². The summed E-state index contributed by atoms with van der Waals surface area (Å²) in [6.07, 6.45) is 5.10. The van der Waals surface area contributed by atoms with Crippen molar-refractivity contribution in [1.82, 2.24) is 5.32 Å². The molecule has 1 aliphatic carbocycles. The van der Waals surface area contributed by atoms with Gasteiger partial charge in [0.15, 0.2) is 0 Å². The molecule has 1 saturated heterocycles. The Morgan fingerprint density at radius 3 is 2.26 bits per heavy atom. The maximum Gasteiger partial charge on any atom is 0.240 e. The van der Waals surface area contributed by atoms with Crippen LogP contribution in [0.3, 0.4) is 0 Å². The van der Waals surface area contributed by atoms with Gasteiger partial charge in [-0.3, -0.25) is 4.79 Å². The zero-order valence-corrected chi connectivity index (χ0v) is 11.8. The second-order valence-electron chi connectivity index (χ2n) is 5.65. The first-order chi connectivity index (χ1) is 8.97. The lowest BCUT2D eigenvalue weighted by molar-refractivity contribution is -0.130. The summed E-state index contributed by atoms with van der Waals surface area (Å²) >= 11 is 0. The molecule has 2 fully saturated rings. The van der Waals surface area contributed by atoms with Crippen LogP contribution in [0.15, 0.2) is 0 Å². The van der Waals surface area contributed by atoms with Gasteiger partial charge >= 0.3 is 0 Å². The molecule has 0 aromatic heterocycles. The van der Waals surface area contributed by atoms with Crippen molar-refractivity contribution >= 4 is 15.7 Å². The third-order valence-corrected chi connectivity index (χ3v) is 5.96. The molecule has 1 heterocycles. The van der Waals surface area contributed by atoms with E-state index in [1.54, 1.807) is 0 Å². The van der Waals surface area contributed by atoms with Crippen LogP contribution in [0.25, 0.3) is 0 Å². The number of nitrogens with one attached hydrogen (secondary N) is 1. The van der Waals surface area contributed by atoms with E-state index in [0.717, 1.165) is 19.3 Å². The van der Waals surface area contributed by atoms with E-state index in [2.05, 4.69) is 11.4 Å². The second-order valence-corrected chi connectivity index (χ2v) is 7.96. The topological polar surface area (TPSA) is 87.0 Å². The molecule has 0 radical (unpaired) electrons. The summed E-state index contributed by atoms with van der Waals surface area (Å²) < 4.78 is 22.7. The van der Waals surface area contributed by atoms with Crippen LogP contribution >= 0.6 is 0 Å². The Hall–Kier alpha value is -1.09. The Bertz CT molecular complexity index is 473. The van der Waals surface area contributed by atoms with Gasteiger partial charge in [0.1, 0.15) is 15.3 Å². The van der Waals surface area contributed by atoms with Crippen molar-refractivity contribution < 1.29 is 13.2 Å². The molecule has 0 unspecified atom stereocenters. The first kappa shape index (κ1) is 14.3. The lowest BCUT2D eigenvalue weighted by atomic mass is 9.74. The molecule has 0 aromatic rings. The quantitative estimate of drug-likeness (QED) is 0.824. The molecule has 0 bridgehead atoms. The van der Waals surface area contributed by atoms with Crippen LogP contribution in [0.5, 0.6) is 0 Å². The smallest absolute Gasteiger partial charge is 0.240 e. The minimum atomic E-state index is -2.91. The van der Waals surface area contributed by atoms with E-state index in [-0.39, 0.29) is 23.5 Å². The summed E-state index contributed by atoms with van der Waals surface area (Å²) in [6.45, 7) is 0. The first-order valence-corrected chi connectivity index (χ1v) is 8.72. The summed E-state index contributed by atoms with van der Waals surface area (Å²) in [7, 11) is -2.91. The number of nitrogens with zero attached hydrogens (tertiary/aromatic N) is 1. The molecule has 1 saturated carbocycles. The molecule has 1 N–H and O–H groups in total. The van der Waals surface area contributed by atoms with Crippen LogP contribution < -0.4 is 5.32 Å². The van der Waals surface area contributed by atoms with Gasteiger partial charge in [0.25, 0.3) is 0 Å². The summed E-state index contributed by atoms with van der Waals surface area (Å²) in [5.74, 6) is 0.0774. The third kappa shape index (κ3) is 3.27. The molecule has 2 rings (SSSR count). The van der Waals surface area contributed by atoms with Gasteiger partial charge in [0.2, 0.25) is 5.91 Å². The van der Waals surface area contributed by atoms with E-state index in [1.165, 1.54) is 0 Å². The zero-order valence-electron chi connectivity index (χ0n) is 11.0. The summed E-state index contributed by atoms with van der Waals surface area (Å²) in [6, 6.07) is 2.10. The molecule has 5 nitrogen and oxygen atoms in total. The fraction of sp³-hybridized carbons (Fsp3) is 0.846. The highest BCUT2D eigenvalue weighted by Gasteiger charge is 2.41. The first-order valence-electron chi connectivity index (χ1n) is 6.90. The Labute approximate surface area is 114 Å². The Morgan fingerprint density at radius 1 is 1.16 bits per heavy atom. The number of hydrogen-bond donors (Lipinski definition) is 1. The van der Waals surface area contributed by atoms with Gasteiger partial charge in [-0.05, 0) is 25.7 Å². The number of hydrogen-bond acceptors (Lipinski definition) is 4. The SMILES string of the molecule is N#CC1(C(=O)NC2CCS(=O)(=O)CC2)CCCCC1. The van der Waals surface area contributed by atoms with Gasteiger partial charge in [-0.2, -0.15) is 5.26 Å². The van der Waals surface area contributed by atoms with E-state index in [0.29, 0.717) is 25.7 Å². The van der Waals surface area contributed by atoms with Gasteiger partial charge in [-0.15, -0.1) is 0 Å². The predicted octanol–water partition coefficient (Wildman–Crippen LogP) is 1.15. The normalized spacial score (nSPS) is 26.3. The highest BCUT2D eigenvalue weighted by atomic mass is 32.2. The number of nitriles is 1. The van der Waals surface area contributed by atoms with Gasteiger partial charge in [-0.25, -0.2) is 8.42 Å². The van der Waals surface area contributed by atoms with Crippen LogP contribution in [0.1, 0.15) is 44.9 Å². The van der Waals surface area contributed by atoms with Crippen molar-refractivity contribution in [1.29, 1.82) is 5.26 Å². The molecule has 2 aliphatic rings. The van der Waals surface area contributed by atoms with Crippen molar-refractivity contribution in [3.8, 4) is 6.07 Å². The third-order valence-electron chi connectivity index (χ3n) is 4.25. The van der Waals surface area contributed by atoms with Crippen molar-refractivity contribution in [2.45, 2.75) is 51.0 Å². The van der Waals surface area contributed by atoms with Crippen LogP contribution in [0.2, 0.25) is 0 Å². The molecule has 0 spiro atoms. The van der Waals surface area contributed by atoms with Crippen molar-refractivity contribution in [3.05, 3.63) is 0 Å². The Balaban J connectivity index is 1.95. The molecular formula is C13H20N2O3S. The minimum Gasteiger partial charge on any atom is -0.352 e. The van der Waals surface area contributed by atoms with E-state index in [1.807, 2.05) is 0 Å². The number of amides is 1. The predicted molar refractivity (Wildman–Crippen MR) is 70.9 cm³/mol. The standard InChI is InChI=1S/C13H20N2O3S/c14-10-13(6-2-1-3-7-13)12(16)15-11-4-8-19(17,18)9-5-11/h11H,1-9H2,(H,15,16). The molecule has 0 aromatic carbocycles. The van der Waals surface area contributed by atoms with Crippen LogP contribution in [0.4, 0.5) is 0 Å². The number of carbonyl (C=O) groups excluding carboxylic acids is 1. The zero-order chi connectivity index (χ0) is 13.9. The maximum absolute atomic E-state index is 12.3. The van der Waals surface area contributed by atoms with Gasteiger partial charge in [-0.1, -0.05) is 19.3 Å². The highest BCUT2D eigenvalue weighted by Crippen LogP contribution is 2.36. The van der Waals surface area contributed by atoms with Gasteiger partial charge in [0.05, 0.1) is 17.6 Å². The minimum absolute atomic E-state index is 0.0943. The largest absolute Gasteiger partial charge is 0.352 e. The Morgan fingerprint density at radius 2 is 1.74 bits per heavy atom. The van der Waals surface area contributed by atoms with Gasteiger partial charge < -0.3 is 5.32 Å². The average molecular weight is 284 g/mol. The lowest BCUT2D eigenvalue weighted by Gasteiger charge is -2.32. The molecular weight excluding hydrogens is 264 g/mol. The second kappa shape index (κ2) is 5.49. The number of carbonyl (C=O) groups is 1. The van der Waals surface area contributed by atoms with E-state index in [4.69, 9.17) is 0 Å². The van der Waals surface area contributed by atoms with Crippen molar-refractivity contribution in [3.63, 3.8) is 0 Å². The lowest BCUT2D eigenvalue weighted by Crippen LogP contribution is -2.48. The van der Waals surface area contributed by atoms with Crippen molar-refractivity contribution in [2.75, 3.05) is 11.5 Å². The number of rotatable bonds is 2. The summed E-state index contributed by atoms with van der Waals surface area (Å²) in [5, 5.41) is 12.2. The molecule has 106 valence electrons. The van der Waals surface area contributed by atoms with Gasteiger partial charge in [0, 0.05) is 6.04 Å². The fourth-order valence-electron chi connectivity index (χ4n) is 2.90. The van der Waals surface area contributed by atoms with Crippen LogP contribution in [0, 0.1) is 16.7 Å². The number of sulfone groups is 1. The van der Waals surface area contributed by atoms with Crippen LogP contribution in [-0.2, 0) is 14.6 Å². The highest BCUT2D eigenvalue weighted by molar-refractivity contribution is 7.91. The summed E-state index contributed by atoms with van der Waals surface area (Å²) in [5.41, 5.74) is -0.880. The summed E-state index contributed by atoms with van der Waals surface area (Å²) in [4.78, 5) is 12.3. The Kier molecular flexibility index (Phi) is 4.14. The molecule has 1 amide bonds. The molecule has 6 heteroatoms. The maximum atomic E-state index is 12.3. The molecule has 1 aliphatic heterocycles. The van der Waals surface area contributed by atoms with E-state index < -0.39 is 15.3 Å².